The van der Waals surface area contributed by atoms with Gasteiger partial charge < -0.3 is 15.4 Å². The van der Waals surface area contributed by atoms with Gasteiger partial charge in [0.1, 0.15) is 11.6 Å². The second kappa shape index (κ2) is 9.95. The molecule has 37 heavy (non-hydrogen) atoms. The second-order valence-electron chi connectivity index (χ2n) is 7.90. The summed E-state index contributed by atoms with van der Waals surface area (Å²) >= 11 is 1.26. The fourth-order valence-corrected chi connectivity index (χ4v) is 6.08. The topological polar surface area (TPSA) is 123 Å². The molecule has 1 fully saturated rings. The van der Waals surface area contributed by atoms with Gasteiger partial charge in [-0.05, 0) is 30.3 Å². The Morgan fingerprint density at radius 3 is 2.41 bits per heavy atom. The van der Waals surface area contributed by atoms with E-state index in [1.54, 1.807) is 6.07 Å². The van der Waals surface area contributed by atoms with Crippen LogP contribution < -0.4 is 15.4 Å². The number of rotatable bonds is 6. The molecule has 2 aromatic carbocycles. The predicted octanol–water partition coefficient (Wildman–Crippen LogP) is 3.90. The number of morpholine rings is 1. The monoisotopic (exact) mass is 548 g/mol. The van der Waals surface area contributed by atoms with Crippen molar-refractivity contribution in [3.63, 3.8) is 0 Å². The first-order valence-corrected chi connectivity index (χ1v) is 13.2. The van der Waals surface area contributed by atoms with Crippen LogP contribution in [0.25, 0.3) is 21.8 Å². The average molecular weight is 549 g/mol. The Bertz CT molecular complexity index is 1560. The van der Waals surface area contributed by atoms with Gasteiger partial charge in [-0.2, -0.15) is 0 Å². The number of thiazole rings is 1. The Kier molecular flexibility index (Phi) is 6.70. The first-order valence-electron chi connectivity index (χ1n) is 10.9. The maximum Gasteiger partial charge on any atom is 0.267 e. The molecule has 5 rings (SSSR count). The molecule has 0 atom stereocenters. The first-order chi connectivity index (χ1) is 17.7. The summed E-state index contributed by atoms with van der Waals surface area (Å²) in [6, 6.07) is 8.19. The van der Waals surface area contributed by atoms with Crippen molar-refractivity contribution in [1.29, 1.82) is 0 Å². The molecular weight excluding hydrogens is 529 g/mol. The summed E-state index contributed by atoms with van der Waals surface area (Å²) in [6.45, 7) is 2.16. The summed E-state index contributed by atoms with van der Waals surface area (Å²) in [5, 5.41) is 0.587. The molecule has 1 aliphatic rings. The third kappa shape index (κ3) is 4.95. The van der Waals surface area contributed by atoms with Gasteiger partial charge in [-0.1, -0.05) is 23.5 Å². The first kappa shape index (κ1) is 24.9. The normalized spacial score (nSPS) is 14.1. The van der Waals surface area contributed by atoms with Gasteiger partial charge in [0, 0.05) is 24.8 Å². The van der Waals surface area contributed by atoms with Gasteiger partial charge in [0.15, 0.2) is 15.8 Å². The van der Waals surface area contributed by atoms with Crippen LogP contribution in [-0.2, 0) is 14.8 Å². The molecule has 0 spiro atoms. The zero-order chi connectivity index (χ0) is 26.2. The maximum absolute atomic E-state index is 15.8. The largest absolute Gasteiger partial charge is 0.378 e. The van der Waals surface area contributed by atoms with Gasteiger partial charge in [-0.3, -0.25) is 4.72 Å². The molecule has 0 amide bonds. The van der Waals surface area contributed by atoms with E-state index >= 15 is 4.39 Å². The van der Waals surface area contributed by atoms with Crippen LogP contribution in [0, 0.1) is 17.5 Å². The Balaban J connectivity index is 1.60. The SMILES string of the molecule is Nc1nccc(-c2sc(N3CCOCC3)nc2-c2cccc(NS(=O)(=O)c3c(F)cccc3F)c2F)n1. The van der Waals surface area contributed by atoms with Crippen LogP contribution in [0.15, 0.2) is 53.6 Å². The molecule has 192 valence electrons. The summed E-state index contributed by atoms with van der Waals surface area (Å²) in [5.41, 5.74) is 5.81. The van der Waals surface area contributed by atoms with E-state index < -0.39 is 38.1 Å². The van der Waals surface area contributed by atoms with E-state index in [1.165, 1.54) is 29.7 Å². The van der Waals surface area contributed by atoms with E-state index in [-0.39, 0.29) is 17.2 Å². The summed E-state index contributed by atoms with van der Waals surface area (Å²) < 4.78 is 77.0. The van der Waals surface area contributed by atoms with Crippen LogP contribution in [0.1, 0.15) is 0 Å². The molecule has 4 aromatic rings. The number of ether oxygens (including phenoxy) is 1. The van der Waals surface area contributed by atoms with Gasteiger partial charge in [0.2, 0.25) is 5.95 Å². The van der Waals surface area contributed by atoms with Crippen molar-refractivity contribution in [3.05, 3.63) is 66.1 Å². The van der Waals surface area contributed by atoms with Crippen LogP contribution in [0.5, 0.6) is 0 Å². The van der Waals surface area contributed by atoms with Crippen molar-refractivity contribution in [1.82, 2.24) is 15.0 Å². The number of hydrogen-bond donors (Lipinski definition) is 2. The molecule has 3 N–H and O–H groups in total. The molecule has 0 radical (unpaired) electrons. The van der Waals surface area contributed by atoms with Crippen molar-refractivity contribution in [3.8, 4) is 21.8 Å². The Labute approximate surface area is 213 Å². The summed E-state index contributed by atoms with van der Waals surface area (Å²) in [7, 11) is -4.79. The molecule has 0 bridgehead atoms. The Morgan fingerprint density at radius 2 is 1.70 bits per heavy atom. The predicted molar refractivity (Wildman–Crippen MR) is 133 cm³/mol. The molecule has 2 aromatic heterocycles. The number of nitrogens with zero attached hydrogens (tertiary/aromatic N) is 4. The van der Waals surface area contributed by atoms with Gasteiger partial charge >= 0.3 is 0 Å². The minimum absolute atomic E-state index is 0.0127. The lowest BCUT2D eigenvalue weighted by Crippen LogP contribution is -2.36. The van der Waals surface area contributed by atoms with Crippen LogP contribution in [0.2, 0.25) is 0 Å². The fraction of sp³-hybridized carbons (Fsp3) is 0.174. The van der Waals surface area contributed by atoms with Gasteiger partial charge in [-0.25, -0.2) is 36.5 Å². The number of anilines is 3. The van der Waals surface area contributed by atoms with E-state index in [4.69, 9.17) is 10.5 Å². The lowest BCUT2D eigenvalue weighted by Gasteiger charge is -2.26. The highest BCUT2D eigenvalue weighted by atomic mass is 32.2. The Hall–Kier alpha value is -3.75. The minimum atomic E-state index is -4.79. The number of hydrogen-bond acceptors (Lipinski definition) is 9. The summed E-state index contributed by atoms with van der Waals surface area (Å²) in [5.74, 6) is -3.58. The Morgan fingerprint density at radius 1 is 1.00 bits per heavy atom. The number of benzene rings is 2. The minimum Gasteiger partial charge on any atom is -0.378 e. The van der Waals surface area contributed by atoms with E-state index in [2.05, 4.69) is 15.0 Å². The molecule has 0 unspecified atom stereocenters. The van der Waals surface area contributed by atoms with Gasteiger partial charge in [-0.15, -0.1) is 0 Å². The molecule has 1 aliphatic heterocycles. The van der Waals surface area contributed by atoms with Crippen molar-refractivity contribution in [2.24, 2.45) is 0 Å². The molecule has 0 aliphatic carbocycles. The molecule has 3 heterocycles. The average Bonchev–Trinajstić information content (AvgIpc) is 3.31. The molecule has 1 saturated heterocycles. The summed E-state index contributed by atoms with van der Waals surface area (Å²) in [6.07, 6.45) is 1.46. The quantitative estimate of drug-likeness (QED) is 0.372. The summed E-state index contributed by atoms with van der Waals surface area (Å²) in [4.78, 5) is 14.0. The molecule has 9 nitrogen and oxygen atoms in total. The van der Waals surface area contributed by atoms with Crippen molar-refractivity contribution < 1.29 is 26.3 Å². The van der Waals surface area contributed by atoms with E-state index in [0.717, 1.165) is 24.3 Å². The third-order valence-electron chi connectivity index (χ3n) is 5.49. The van der Waals surface area contributed by atoms with E-state index in [0.29, 0.717) is 42.0 Å². The van der Waals surface area contributed by atoms with Crippen molar-refractivity contribution in [2.75, 3.05) is 41.7 Å². The van der Waals surface area contributed by atoms with Crippen LogP contribution in [0.3, 0.4) is 0 Å². The lowest BCUT2D eigenvalue weighted by molar-refractivity contribution is 0.122. The maximum atomic E-state index is 15.8. The number of nitrogen functional groups attached to an aromatic ring is 1. The van der Waals surface area contributed by atoms with Crippen molar-refractivity contribution >= 4 is 38.1 Å². The van der Waals surface area contributed by atoms with E-state index in [9.17, 15) is 17.2 Å². The fourth-order valence-electron chi connectivity index (χ4n) is 3.78. The van der Waals surface area contributed by atoms with E-state index in [1.807, 2.05) is 9.62 Å². The number of nitrogens with two attached hydrogens (primary N) is 1. The van der Waals surface area contributed by atoms with Gasteiger partial charge in [0.05, 0.1) is 35.2 Å². The second-order valence-corrected chi connectivity index (χ2v) is 10.5. The van der Waals surface area contributed by atoms with Gasteiger partial charge in [0.25, 0.3) is 10.0 Å². The number of halogens is 3. The lowest BCUT2D eigenvalue weighted by atomic mass is 10.1. The molecule has 14 heteroatoms. The molecular formula is C23H19F3N6O3S2. The zero-order valence-electron chi connectivity index (χ0n) is 19.0. The standard InChI is InChI=1S/C23H19F3N6O3S2/c24-14-4-2-5-15(25)21(14)37(33,34)31-16-6-1-3-13(18(16)26)19-20(17-7-8-28-22(27)29-17)36-23(30-19)32-9-11-35-12-10-32/h1-8,31H,9-12H2,(H2,27,28,29). The number of sulfonamides is 1. The smallest absolute Gasteiger partial charge is 0.267 e. The van der Waals surface area contributed by atoms with Crippen LogP contribution >= 0.6 is 11.3 Å². The van der Waals surface area contributed by atoms with Crippen molar-refractivity contribution in [2.45, 2.75) is 4.90 Å². The number of nitrogens with one attached hydrogen (secondary N) is 1. The zero-order valence-corrected chi connectivity index (χ0v) is 20.6. The molecule has 0 saturated carbocycles. The highest BCUT2D eigenvalue weighted by Crippen LogP contribution is 2.42. The highest BCUT2D eigenvalue weighted by molar-refractivity contribution is 7.92. The highest BCUT2D eigenvalue weighted by Gasteiger charge is 2.28. The third-order valence-corrected chi connectivity index (χ3v) is 8.04. The van der Waals surface area contributed by atoms with Crippen LogP contribution in [0.4, 0.5) is 29.9 Å². The number of aromatic nitrogens is 3. The van der Waals surface area contributed by atoms with Crippen LogP contribution in [-0.4, -0.2) is 49.7 Å².